The number of alkyl halides is 1. The third kappa shape index (κ3) is 3.37. The minimum Gasteiger partial charge on any atom is -0.365 e. The molecule has 2 aliphatic rings. The Kier molecular flexibility index (Phi) is 4.78. The number of fused-ring (bicyclic) bond motifs is 1. The molecule has 1 fully saturated rings. The van der Waals surface area contributed by atoms with Gasteiger partial charge in [0.2, 0.25) is 0 Å². The van der Waals surface area contributed by atoms with Crippen LogP contribution in [0.1, 0.15) is 5.56 Å². The molecule has 0 unspecified atom stereocenters. The molecule has 2 aromatic heterocycles. The third-order valence-corrected chi connectivity index (χ3v) is 5.85. The first-order chi connectivity index (χ1) is 14.6. The summed E-state index contributed by atoms with van der Waals surface area (Å²) in [6, 6.07) is 9.72. The second-order valence-corrected chi connectivity index (χ2v) is 7.71. The van der Waals surface area contributed by atoms with Crippen molar-refractivity contribution >= 4 is 5.69 Å². The zero-order chi connectivity index (χ0) is 20.7. The summed E-state index contributed by atoms with van der Waals surface area (Å²) in [4.78, 5) is 25.1. The van der Waals surface area contributed by atoms with E-state index in [1.54, 1.807) is 16.8 Å². The Labute approximate surface area is 172 Å². The number of aromatic nitrogens is 3. The number of hydrogen-bond acceptors (Lipinski definition) is 5. The van der Waals surface area contributed by atoms with E-state index >= 15 is 0 Å². The van der Waals surface area contributed by atoms with Gasteiger partial charge in [0.1, 0.15) is 6.67 Å². The van der Waals surface area contributed by atoms with Gasteiger partial charge in [0, 0.05) is 55.4 Å². The zero-order valence-corrected chi connectivity index (χ0v) is 16.3. The number of halogens is 2. The lowest BCUT2D eigenvalue weighted by Crippen LogP contribution is -2.59. The summed E-state index contributed by atoms with van der Waals surface area (Å²) in [5.74, 6) is -0.205. The van der Waals surface area contributed by atoms with Crippen LogP contribution in [0.2, 0.25) is 0 Å². The highest BCUT2D eigenvalue weighted by molar-refractivity contribution is 5.63. The number of pyridine rings is 1. The first kappa shape index (κ1) is 18.9. The SMILES string of the molecule is O=c1cc(-c2ncc(F)cn2)ccn1-c1ccc2c(c1)CCN2C1CN(CCF)C1. The lowest BCUT2D eigenvalue weighted by molar-refractivity contribution is 0.135. The molecule has 6 nitrogen and oxygen atoms in total. The Morgan fingerprint density at radius 3 is 2.63 bits per heavy atom. The first-order valence-corrected chi connectivity index (χ1v) is 10.0. The van der Waals surface area contributed by atoms with E-state index in [1.165, 1.54) is 17.3 Å². The number of rotatable bonds is 5. The summed E-state index contributed by atoms with van der Waals surface area (Å²) in [6.45, 7) is 2.96. The lowest BCUT2D eigenvalue weighted by atomic mass is 10.1. The van der Waals surface area contributed by atoms with Crippen molar-refractivity contribution in [2.45, 2.75) is 12.5 Å². The Bertz CT molecular complexity index is 1130. The number of anilines is 1. The molecular weight excluding hydrogens is 388 g/mol. The first-order valence-electron chi connectivity index (χ1n) is 10.0. The minimum absolute atomic E-state index is 0.198. The Morgan fingerprint density at radius 2 is 1.90 bits per heavy atom. The lowest BCUT2D eigenvalue weighted by Gasteiger charge is -2.44. The fourth-order valence-electron chi connectivity index (χ4n) is 4.28. The van der Waals surface area contributed by atoms with Crippen molar-refractivity contribution in [1.29, 1.82) is 0 Å². The molecule has 2 aliphatic heterocycles. The average Bonchev–Trinajstić information content (AvgIpc) is 3.13. The van der Waals surface area contributed by atoms with E-state index in [4.69, 9.17) is 0 Å². The van der Waals surface area contributed by atoms with Crippen LogP contribution >= 0.6 is 0 Å². The molecule has 5 rings (SSSR count). The van der Waals surface area contributed by atoms with Gasteiger partial charge < -0.3 is 4.90 Å². The highest BCUT2D eigenvalue weighted by Gasteiger charge is 2.34. The van der Waals surface area contributed by atoms with Crippen molar-refractivity contribution in [2.24, 2.45) is 0 Å². The smallest absolute Gasteiger partial charge is 0.255 e. The largest absolute Gasteiger partial charge is 0.365 e. The molecule has 8 heteroatoms. The van der Waals surface area contributed by atoms with Gasteiger partial charge in [0.25, 0.3) is 5.56 Å². The number of benzene rings is 1. The number of nitrogens with zero attached hydrogens (tertiary/aromatic N) is 5. The second-order valence-electron chi connectivity index (χ2n) is 7.71. The molecule has 3 aromatic rings. The summed E-state index contributed by atoms with van der Waals surface area (Å²) < 4.78 is 27.1. The standard InChI is InChI=1S/C22H21F2N5O/c23-5-8-27-13-19(14-27)28-6-3-15-9-18(1-2-20(15)28)29-7-4-16(10-21(29)30)22-25-11-17(24)12-26-22/h1-2,4,7,9-12,19H,3,5-6,8,13-14H2. The molecule has 154 valence electrons. The summed E-state index contributed by atoms with van der Waals surface area (Å²) >= 11 is 0. The normalized spacial score (nSPS) is 16.5. The van der Waals surface area contributed by atoms with Gasteiger partial charge in [-0.3, -0.25) is 14.3 Å². The monoisotopic (exact) mass is 409 g/mol. The molecule has 4 heterocycles. The van der Waals surface area contributed by atoms with E-state index in [-0.39, 0.29) is 12.2 Å². The van der Waals surface area contributed by atoms with Crippen LogP contribution in [-0.4, -0.2) is 58.3 Å². The van der Waals surface area contributed by atoms with E-state index in [1.807, 2.05) is 6.07 Å². The van der Waals surface area contributed by atoms with Gasteiger partial charge >= 0.3 is 0 Å². The van der Waals surface area contributed by atoms with Crippen LogP contribution < -0.4 is 10.5 Å². The van der Waals surface area contributed by atoms with Crippen molar-refractivity contribution in [1.82, 2.24) is 19.4 Å². The summed E-state index contributed by atoms with van der Waals surface area (Å²) in [5.41, 5.74) is 3.57. The maximum atomic E-state index is 13.0. The van der Waals surface area contributed by atoms with E-state index in [9.17, 15) is 13.6 Å². The summed E-state index contributed by atoms with van der Waals surface area (Å²) in [6.07, 6.45) is 4.79. The molecule has 0 atom stereocenters. The number of likely N-dealkylation sites (tertiary alicyclic amines) is 1. The summed E-state index contributed by atoms with van der Waals surface area (Å²) in [7, 11) is 0. The Balaban J connectivity index is 1.37. The van der Waals surface area contributed by atoms with Crippen molar-refractivity contribution in [3.63, 3.8) is 0 Å². The highest BCUT2D eigenvalue weighted by Crippen LogP contribution is 2.33. The van der Waals surface area contributed by atoms with Gasteiger partial charge in [0.05, 0.1) is 18.4 Å². The maximum absolute atomic E-state index is 13.0. The molecular formula is C22H21F2N5O. The molecule has 1 aromatic carbocycles. The zero-order valence-electron chi connectivity index (χ0n) is 16.3. The molecule has 0 aliphatic carbocycles. The van der Waals surface area contributed by atoms with Crippen LogP contribution in [0.3, 0.4) is 0 Å². The second kappa shape index (κ2) is 7.60. The Hall–Kier alpha value is -3.13. The van der Waals surface area contributed by atoms with Crippen LogP contribution in [-0.2, 0) is 6.42 Å². The third-order valence-electron chi connectivity index (χ3n) is 5.85. The van der Waals surface area contributed by atoms with Crippen LogP contribution in [0.15, 0.2) is 53.7 Å². The van der Waals surface area contributed by atoms with Gasteiger partial charge in [-0.05, 0) is 36.2 Å². The van der Waals surface area contributed by atoms with Crippen molar-refractivity contribution in [3.05, 3.63) is 70.7 Å². The molecule has 0 bridgehead atoms. The predicted octanol–water partition coefficient (Wildman–Crippen LogP) is 2.45. The minimum atomic E-state index is -0.517. The van der Waals surface area contributed by atoms with Crippen LogP contribution in [0.5, 0.6) is 0 Å². The van der Waals surface area contributed by atoms with Crippen molar-refractivity contribution in [2.75, 3.05) is 37.8 Å². The number of hydrogen-bond donors (Lipinski definition) is 0. The average molecular weight is 409 g/mol. The predicted molar refractivity (Wildman–Crippen MR) is 110 cm³/mol. The van der Waals surface area contributed by atoms with Gasteiger partial charge in [0.15, 0.2) is 11.6 Å². The molecule has 0 radical (unpaired) electrons. The summed E-state index contributed by atoms with van der Waals surface area (Å²) in [5, 5.41) is 0. The molecule has 30 heavy (non-hydrogen) atoms. The van der Waals surface area contributed by atoms with E-state index in [0.717, 1.165) is 44.1 Å². The maximum Gasteiger partial charge on any atom is 0.255 e. The fraction of sp³-hybridized carbons (Fsp3) is 0.318. The molecule has 0 amide bonds. The highest BCUT2D eigenvalue weighted by atomic mass is 19.1. The van der Waals surface area contributed by atoms with Gasteiger partial charge in [-0.15, -0.1) is 0 Å². The Morgan fingerprint density at radius 1 is 1.10 bits per heavy atom. The van der Waals surface area contributed by atoms with E-state index < -0.39 is 5.82 Å². The van der Waals surface area contributed by atoms with Crippen molar-refractivity contribution < 1.29 is 8.78 Å². The topological polar surface area (TPSA) is 54.3 Å². The van der Waals surface area contributed by atoms with Gasteiger partial charge in [-0.2, -0.15) is 0 Å². The molecule has 1 saturated heterocycles. The van der Waals surface area contributed by atoms with E-state index in [2.05, 4.69) is 31.9 Å². The molecule has 0 N–H and O–H groups in total. The molecule has 0 saturated carbocycles. The fourth-order valence-corrected chi connectivity index (χ4v) is 4.28. The van der Waals surface area contributed by atoms with Gasteiger partial charge in [-0.25, -0.2) is 18.7 Å². The van der Waals surface area contributed by atoms with Gasteiger partial charge in [-0.1, -0.05) is 0 Å². The van der Waals surface area contributed by atoms with E-state index in [0.29, 0.717) is 24.0 Å². The van der Waals surface area contributed by atoms with Crippen LogP contribution in [0, 0.1) is 5.82 Å². The van der Waals surface area contributed by atoms with Crippen LogP contribution in [0.4, 0.5) is 14.5 Å². The quantitative estimate of drug-likeness (QED) is 0.648. The van der Waals surface area contributed by atoms with Crippen LogP contribution in [0.25, 0.3) is 17.1 Å². The molecule has 0 spiro atoms. The van der Waals surface area contributed by atoms with Crippen molar-refractivity contribution in [3.8, 4) is 17.1 Å².